The molecule has 0 heterocycles. The highest BCUT2D eigenvalue weighted by molar-refractivity contribution is 5.84. The standard InChI is InChI=1S/C14H20O2/c1-4-6-13(15)14(16-5-2)12-9-7-11(3)8-10-12/h7-10,14H,4-6H2,1-3H3. The predicted octanol–water partition coefficient (Wildman–Crippen LogP) is 3.44. The number of carbonyl (C=O) groups is 1. The fraction of sp³-hybridized carbons (Fsp3) is 0.500. The summed E-state index contributed by atoms with van der Waals surface area (Å²) in [6.07, 6.45) is 1.07. The van der Waals surface area contributed by atoms with Crippen LogP contribution in [0, 0.1) is 6.92 Å². The zero-order valence-corrected chi connectivity index (χ0v) is 10.3. The Morgan fingerprint density at radius 2 is 1.88 bits per heavy atom. The molecular weight excluding hydrogens is 200 g/mol. The lowest BCUT2D eigenvalue weighted by Gasteiger charge is -2.16. The third kappa shape index (κ3) is 3.46. The van der Waals surface area contributed by atoms with Gasteiger partial charge in [-0.25, -0.2) is 0 Å². The van der Waals surface area contributed by atoms with Crippen molar-refractivity contribution in [1.29, 1.82) is 0 Å². The van der Waals surface area contributed by atoms with Crippen molar-refractivity contribution < 1.29 is 9.53 Å². The third-order valence-electron chi connectivity index (χ3n) is 2.50. The molecule has 0 radical (unpaired) electrons. The predicted molar refractivity (Wildman–Crippen MR) is 65.5 cm³/mol. The summed E-state index contributed by atoms with van der Waals surface area (Å²) in [6.45, 7) is 6.53. The van der Waals surface area contributed by atoms with E-state index >= 15 is 0 Å². The van der Waals surface area contributed by atoms with Crippen LogP contribution < -0.4 is 0 Å². The Kier molecular flexibility index (Phi) is 5.20. The van der Waals surface area contributed by atoms with Crippen molar-refractivity contribution in [2.45, 2.75) is 39.7 Å². The Morgan fingerprint density at radius 1 is 1.25 bits per heavy atom. The van der Waals surface area contributed by atoms with Crippen LogP contribution in [-0.4, -0.2) is 12.4 Å². The normalized spacial score (nSPS) is 12.4. The first kappa shape index (κ1) is 12.9. The highest BCUT2D eigenvalue weighted by atomic mass is 16.5. The van der Waals surface area contributed by atoms with E-state index in [0.717, 1.165) is 12.0 Å². The molecule has 0 aromatic heterocycles. The van der Waals surface area contributed by atoms with Crippen LogP contribution >= 0.6 is 0 Å². The fourth-order valence-electron chi connectivity index (χ4n) is 1.66. The van der Waals surface area contributed by atoms with Crippen molar-refractivity contribution in [2.75, 3.05) is 6.61 Å². The SMILES string of the molecule is CCCC(=O)C(OCC)c1ccc(C)cc1. The topological polar surface area (TPSA) is 26.3 Å². The fourth-order valence-corrected chi connectivity index (χ4v) is 1.66. The highest BCUT2D eigenvalue weighted by Gasteiger charge is 2.19. The minimum Gasteiger partial charge on any atom is -0.366 e. The van der Waals surface area contributed by atoms with Crippen LogP contribution in [0.4, 0.5) is 0 Å². The molecule has 16 heavy (non-hydrogen) atoms. The van der Waals surface area contributed by atoms with Crippen LogP contribution in [0.25, 0.3) is 0 Å². The van der Waals surface area contributed by atoms with Gasteiger partial charge < -0.3 is 4.74 Å². The minimum atomic E-state index is -0.384. The second kappa shape index (κ2) is 6.44. The molecule has 0 aliphatic heterocycles. The number of benzene rings is 1. The van der Waals surface area contributed by atoms with Gasteiger partial charge in [0.25, 0.3) is 0 Å². The minimum absolute atomic E-state index is 0.174. The summed E-state index contributed by atoms with van der Waals surface area (Å²) in [5.41, 5.74) is 2.16. The van der Waals surface area contributed by atoms with E-state index in [1.54, 1.807) is 0 Å². The second-order valence-electron chi connectivity index (χ2n) is 3.96. The summed E-state index contributed by atoms with van der Waals surface area (Å²) in [4.78, 5) is 11.9. The molecule has 0 amide bonds. The maximum Gasteiger partial charge on any atom is 0.166 e. The molecule has 1 aromatic carbocycles. The smallest absolute Gasteiger partial charge is 0.166 e. The maximum atomic E-state index is 11.9. The van der Waals surface area contributed by atoms with Gasteiger partial charge in [0.15, 0.2) is 5.78 Å². The van der Waals surface area contributed by atoms with Crippen LogP contribution in [0.2, 0.25) is 0 Å². The summed E-state index contributed by atoms with van der Waals surface area (Å²) in [5, 5.41) is 0. The summed E-state index contributed by atoms with van der Waals surface area (Å²) in [5.74, 6) is 0.174. The van der Waals surface area contributed by atoms with Gasteiger partial charge in [0.2, 0.25) is 0 Å². The molecule has 1 atom stereocenters. The number of carbonyl (C=O) groups excluding carboxylic acids is 1. The lowest BCUT2D eigenvalue weighted by atomic mass is 10.0. The van der Waals surface area contributed by atoms with Gasteiger partial charge in [-0.05, 0) is 25.8 Å². The molecule has 0 aliphatic carbocycles. The van der Waals surface area contributed by atoms with Crippen molar-refractivity contribution in [3.63, 3.8) is 0 Å². The molecule has 0 N–H and O–H groups in total. The van der Waals surface area contributed by atoms with Crippen molar-refractivity contribution in [3.8, 4) is 0 Å². The van der Waals surface area contributed by atoms with Crippen LogP contribution in [0.1, 0.15) is 43.9 Å². The largest absolute Gasteiger partial charge is 0.366 e. The zero-order valence-electron chi connectivity index (χ0n) is 10.3. The summed E-state index contributed by atoms with van der Waals surface area (Å²) in [6, 6.07) is 7.98. The zero-order chi connectivity index (χ0) is 12.0. The molecule has 2 heteroatoms. The Morgan fingerprint density at radius 3 is 2.38 bits per heavy atom. The summed E-state index contributed by atoms with van der Waals surface area (Å²) in [7, 11) is 0. The maximum absolute atomic E-state index is 11.9. The molecule has 0 spiro atoms. The van der Waals surface area contributed by atoms with Crippen molar-refractivity contribution >= 4 is 5.78 Å². The molecule has 0 saturated carbocycles. The Balaban J connectivity index is 2.84. The molecule has 1 unspecified atom stereocenters. The number of hydrogen-bond acceptors (Lipinski definition) is 2. The number of rotatable bonds is 6. The highest BCUT2D eigenvalue weighted by Crippen LogP contribution is 2.21. The Labute approximate surface area is 97.6 Å². The van der Waals surface area contributed by atoms with Crippen molar-refractivity contribution in [3.05, 3.63) is 35.4 Å². The molecule has 2 nitrogen and oxygen atoms in total. The van der Waals surface area contributed by atoms with E-state index in [-0.39, 0.29) is 11.9 Å². The number of Topliss-reactive ketones (excluding diaryl/α,β-unsaturated/α-hetero) is 1. The molecular formula is C14H20O2. The number of aryl methyl sites for hydroxylation is 1. The second-order valence-corrected chi connectivity index (χ2v) is 3.96. The van der Waals surface area contributed by atoms with Gasteiger partial charge in [0.1, 0.15) is 6.10 Å². The first-order valence-electron chi connectivity index (χ1n) is 5.89. The summed E-state index contributed by atoms with van der Waals surface area (Å²) >= 11 is 0. The van der Waals surface area contributed by atoms with Gasteiger partial charge in [-0.3, -0.25) is 4.79 Å². The number of ketones is 1. The lowest BCUT2D eigenvalue weighted by Crippen LogP contribution is -2.15. The van der Waals surface area contributed by atoms with Crippen molar-refractivity contribution in [1.82, 2.24) is 0 Å². The summed E-state index contributed by atoms with van der Waals surface area (Å²) < 4.78 is 5.53. The Hall–Kier alpha value is -1.15. The van der Waals surface area contributed by atoms with E-state index < -0.39 is 0 Å². The molecule has 0 fully saturated rings. The molecule has 0 bridgehead atoms. The van der Waals surface area contributed by atoms with E-state index in [0.29, 0.717) is 13.0 Å². The Bertz CT molecular complexity index is 327. The van der Waals surface area contributed by atoms with E-state index in [2.05, 4.69) is 0 Å². The molecule has 0 aliphatic rings. The molecule has 1 rings (SSSR count). The third-order valence-corrected chi connectivity index (χ3v) is 2.50. The van der Waals surface area contributed by atoms with Gasteiger partial charge >= 0.3 is 0 Å². The molecule has 0 saturated heterocycles. The quantitative estimate of drug-likeness (QED) is 0.734. The van der Waals surface area contributed by atoms with Crippen molar-refractivity contribution in [2.24, 2.45) is 0 Å². The van der Waals surface area contributed by atoms with E-state index in [9.17, 15) is 4.79 Å². The first-order chi connectivity index (χ1) is 7.69. The van der Waals surface area contributed by atoms with Crippen LogP contribution in [0.3, 0.4) is 0 Å². The van der Waals surface area contributed by atoms with Gasteiger partial charge in [-0.1, -0.05) is 36.8 Å². The first-order valence-corrected chi connectivity index (χ1v) is 5.89. The molecule has 88 valence electrons. The number of ether oxygens (including phenoxy) is 1. The average molecular weight is 220 g/mol. The van der Waals surface area contributed by atoms with Gasteiger partial charge in [-0.2, -0.15) is 0 Å². The van der Waals surface area contributed by atoms with E-state index in [1.165, 1.54) is 5.56 Å². The van der Waals surface area contributed by atoms with E-state index in [4.69, 9.17) is 4.74 Å². The van der Waals surface area contributed by atoms with Crippen LogP contribution in [0.15, 0.2) is 24.3 Å². The monoisotopic (exact) mass is 220 g/mol. The van der Waals surface area contributed by atoms with Gasteiger partial charge in [0, 0.05) is 13.0 Å². The van der Waals surface area contributed by atoms with Gasteiger partial charge in [0.05, 0.1) is 0 Å². The lowest BCUT2D eigenvalue weighted by molar-refractivity contribution is -0.130. The van der Waals surface area contributed by atoms with E-state index in [1.807, 2.05) is 45.0 Å². The van der Waals surface area contributed by atoms with Crippen LogP contribution in [0.5, 0.6) is 0 Å². The number of hydrogen-bond donors (Lipinski definition) is 0. The van der Waals surface area contributed by atoms with Crippen LogP contribution in [-0.2, 0) is 9.53 Å². The average Bonchev–Trinajstić information content (AvgIpc) is 2.28. The molecule has 1 aromatic rings. The van der Waals surface area contributed by atoms with Gasteiger partial charge in [-0.15, -0.1) is 0 Å².